The molecule has 0 aromatic carbocycles. The van der Waals surface area contributed by atoms with Gasteiger partial charge in [-0.25, -0.2) is 0 Å². The van der Waals surface area contributed by atoms with Gasteiger partial charge in [0.1, 0.15) is 5.54 Å². The van der Waals surface area contributed by atoms with Gasteiger partial charge >= 0.3 is 0 Å². The molecule has 92 valence electrons. The Morgan fingerprint density at radius 2 is 1.88 bits per heavy atom. The van der Waals surface area contributed by atoms with Gasteiger partial charge in [-0.2, -0.15) is 0 Å². The Labute approximate surface area is 92.5 Å². The first kappa shape index (κ1) is 12.9. The number of hydrogen-bond donors (Lipinski definition) is 4. The second kappa shape index (κ2) is 4.77. The molecule has 1 saturated heterocycles. The van der Waals surface area contributed by atoms with Crippen LogP contribution in [0.25, 0.3) is 0 Å². The van der Waals surface area contributed by atoms with E-state index in [-0.39, 0.29) is 13.0 Å². The van der Waals surface area contributed by atoms with Crippen molar-refractivity contribution in [2.45, 2.75) is 12.0 Å². The Balaban J connectivity index is 2.88. The van der Waals surface area contributed by atoms with E-state index in [1.807, 2.05) is 0 Å². The first-order valence-corrected chi connectivity index (χ1v) is 4.93. The summed E-state index contributed by atoms with van der Waals surface area (Å²) in [4.78, 5) is 23.7. The number of carbonyl (C=O) groups is 2. The van der Waals surface area contributed by atoms with Gasteiger partial charge in [0.05, 0.1) is 25.7 Å². The van der Waals surface area contributed by atoms with Crippen LogP contribution in [-0.4, -0.2) is 63.9 Å². The minimum absolute atomic E-state index is 0.0237. The smallest absolute Gasteiger partial charge is 0.224 e. The van der Waals surface area contributed by atoms with Gasteiger partial charge in [0.15, 0.2) is 0 Å². The summed E-state index contributed by atoms with van der Waals surface area (Å²) < 4.78 is 0. The number of amides is 2. The third kappa shape index (κ3) is 2.01. The van der Waals surface area contributed by atoms with Crippen LogP contribution in [0.3, 0.4) is 0 Å². The number of nitrogens with two attached hydrogens (primary N) is 1. The maximum absolute atomic E-state index is 11.6. The molecule has 0 saturated carbocycles. The monoisotopic (exact) mass is 232 g/mol. The molecule has 1 rings (SSSR count). The topological polar surface area (TPSA) is 124 Å². The van der Waals surface area contributed by atoms with Crippen molar-refractivity contribution >= 4 is 11.8 Å². The Kier molecular flexibility index (Phi) is 3.84. The first-order chi connectivity index (χ1) is 7.50. The van der Waals surface area contributed by atoms with Gasteiger partial charge in [0, 0.05) is 13.0 Å². The molecule has 0 bridgehead atoms. The Bertz CT molecular complexity index is 281. The average Bonchev–Trinajstić information content (AvgIpc) is 2.65. The van der Waals surface area contributed by atoms with E-state index in [0.29, 0.717) is 0 Å². The molecule has 2 amide bonds. The summed E-state index contributed by atoms with van der Waals surface area (Å²) in [5.41, 5.74) is 3.67. The number of nitrogens with zero attached hydrogens (tertiary/aromatic N) is 1. The van der Waals surface area contributed by atoms with Crippen LogP contribution in [0.2, 0.25) is 0 Å². The van der Waals surface area contributed by atoms with E-state index in [0.717, 1.165) is 4.90 Å². The highest BCUT2D eigenvalue weighted by Crippen LogP contribution is 2.25. The Hall–Kier alpha value is -1.18. The second-order valence-electron chi connectivity index (χ2n) is 4.01. The maximum Gasteiger partial charge on any atom is 0.224 e. The number of hydrogen-bond acceptors (Lipinski definition) is 5. The number of likely N-dealkylation sites (tertiary alicyclic amines) is 1. The van der Waals surface area contributed by atoms with Crippen molar-refractivity contribution < 1.29 is 24.9 Å². The van der Waals surface area contributed by atoms with E-state index in [2.05, 4.69) is 0 Å². The van der Waals surface area contributed by atoms with Crippen LogP contribution in [0.4, 0.5) is 0 Å². The van der Waals surface area contributed by atoms with Crippen molar-refractivity contribution in [1.29, 1.82) is 0 Å². The minimum Gasteiger partial charge on any atom is -0.394 e. The quantitative estimate of drug-likeness (QED) is 0.403. The molecule has 1 aliphatic rings. The molecule has 1 atom stereocenters. The molecule has 7 nitrogen and oxygen atoms in total. The van der Waals surface area contributed by atoms with Gasteiger partial charge in [-0.3, -0.25) is 9.59 Å². The van der Waals surface area contributed by atoms with Crippen molar-refractivity contribution in [3.05, 3.63) is 0 Å². The van der Waals surface area contributed by atoms with Crippen molar-refractivity contribution in [3.63, 3.8) is 0 Å². The third-order valence-electron chi connectivity index (χ3n) is 2.98. The van der Waals surface area contributed by atoms with Crippen LogP contribution in [-0.2, 0) is 9.59 Å². The largest absolute Gasteiger partial charge is 0.394 e. The molecule has 1 heterocycles. The summed E-state index contributed by atoms with van der Waals surface area (Å²) in [6, 6.07) is 0. The summed E-state index contributed by atoms with van der Waals surface area (Å²) in [5.74, 6) is -1.63. The van der Waals surface area contributed by atoms with E-state index >= 15 is 0 Å². The van der Waals surface area contributed by atoms with E-state index in [1.165, 1.54) is 0 Å². The standard InChI is InChI=1S/C9H16N2O5/c10-8(16)6-1-7(15)11(2-6)9(3-12,4-13)5-14/h6,12-14H,1-5H2,(H2,10,16). The van der Waals surface area contributed by atoms with Gasteiger partial charge in [0.25, 0.3) is 0 Å². The SMILES string of the molecule is NC(=O)C1CC(=O)N(C(CO)(CO)CO)C1. The second-order valence-corrected chi connectivity index (χ2v) is 4.01. The van der Waals surface area contributed by atoms with Crippen LogP contribution in [0, 0.1) is 5.92 Å². The number of carbonyl (C=O) groups excluding carboxylic acids is 2. The lowest BCUT2D eigenvalue weighted by Crippen LogP contribution is -2.58. The fraction of sp³-hybridized carbons (Fsp3) is 0.778. The van der Waals surface area contributed by atoms with Crippen LogP contribution >= 0.6 is 0 Å². The predicted molar refractivity (Wildman–Crippen MR) is 53.0 cm³/mol. The lowest BCUT2D eigenvalue weighted by atomic mass is 10.0. The molecule has 0 aliphatic carbocycles. The molecule has 1 aliphatic heterocycles. The van der Waals surface area contributed by atoms with Crippen molar-refractivity contribution in [1.82, 2.24) is 4.90 Å². The molecule has 0 radical (unpaired) electrons. The molecular weight excluding hydrogens is 216 g/mol. The van der Waals surface area contributed by atoms with Crippen molar-refractivity contribution in [3.8, 4) is 0 Å². The van der Waals surface area contributed by atoms with Crippen LogP contribution in [0.5, 0.6) is 0 Å². The van der Waals surface area contributed by atoms with Crippen molar-refractivity contribution in [2.24, 2.45) is 11.7 Å². The molecule has 5 N–H and O–H groups in total. The Morgan fingerprint density at radius 3 is 2.19 bits per heavy atom. The van der Waals surface area contributed by atoms with Gasteiger partial charge in [0.2, 0.25) is 11.8 Å². The number of rotatable bonds is 5. The molecule has 0 spiro atoms. The molecular formula is C9H16N2O5. The first-order valence-electron chi connectivity index (χ1n) is 4.93. The number of aliphatic hydroxyl groups is 3. The summed E-state index contributed by atoms with van der Waals surface area (Å²) in [6.45, 7) is -1.69. The van der Waals surface area contributed by atoms with E-state index < -0.39 is 43.1 Å². The normalized spacial score (nSPS) is 21.6. The zero-order valence-electron chi connectivity index (χ0n) is 8.80. The summed E-state index contributed by atoms with van der Waals surface area (Å²) >= 11 is 0. The lowest BCUT2D eigenvalue weighted by molar-refractivity contribution is -0.140. The molecule has 1 fully saturated rings. The van der Waals surface area contributed by atoms with Crippen LogP contribution in [0.15, 0.2) is 0 Å². The van der Waals surface area contributed by atoms with E-state index in [4.69, 9.17) is 21.1 Å². The average molecular weight is 232 g/mol. The number of aliphatic hydroxyl groups excluding tert-OH is 3. The Morgan fingerprint density at radius 1 is 1.38 bits per heavy atom. The highest BCUT2D eigenvalue weighted by molar-refractivity contribution is 5.88. The molecule has 1 unspecified atom stereocenters. The third-order valence-corrected chi connectivity index (χ3v) is 2.98. The van der Waals surface area contributed by atoms with Gasteiger partial charge in [-0.05, 0) is 0 Å². The summed E-state index contributed by atoms with van der Waals surface area (Å²) in [7, 11) is 0. The van der Waals surface area contributed by atoms with Crippen LogP contribution in [0.1, 0.15) is 6.42 Å². The number of primary amides is 1. The highest BCUT2D eigenvalue weighted by atomic mass is 16.3. The van der Waals surface area contributed by atoms with Crippen molar-refractivity contribution in [2.75, 3.05) is 26.4 Å². The zero-order valence-corrected chi connectivity index (χ0v) is 8.80. The summed E-state index contributed by atoms with van der Waals surface area (Å²) in [5, 5.41) is 27.4. The maximum atomic E-state index is 11.6. The fourth-order valence-corrected chi connectivity index (χ4v) is 1.76. The van der Waals surface area contributed by atoms with Gasteiger partial charge in [-0.15, -0.1) is 0 Å². The highest BCUT2D eigenvalue weighted by Gasteiger charge is 2.45. The van der Waals surface area contributed by atoms with Crippen LogP contribution < -0.4 is 5.73 Å². The van der Waals surface area contributed by atoms with E-state index in [9.17, 15) is 9.59 Å². The molecule has 0 aromatic rings. The van der Waals surface area contributed by atoms with E-state index in [1.54, 1.807) is 0 Å². The minimum atomic E-state index is -1.42. The van der Waals surface area contributed by atoms with Gasteiger partial charge < -0.3 is 26.0 Å². The molecule has 7 heteroatoms. The fourth-order valence-electron chi connectivity index (χ4n) is 1.76. The molecule has 0 aromatic heterocycles. The molecule has 16 heavy (non-hydrogen) atoms. The summed E-state index contributed by atoms with van der Waals surface area (Å²) in [6.07, 6.45) is -0.0446. The lowest BCUT2D eigenvalue weighted by Gasteiger charge is -2.37. The zero-order chi connectivity index (χ0) is 12.3. The predicted octanol–water partition coefficient (Wildman–Crippen LogP) is -2.96. The van der Waals surface area contributed by atoms with Gasteiger partial charge in [-0.1, -0.05) is 0 Å².